The molecule has 0 bridgehead atoms. The predicted octanol–water partition coefficient (Wildman–Crippen LogP) is 2.49. The van der Waals surface area contributed by atoms with Crippen molar-refractivity contribution in [2.75, 3.05) is 0 Å². The maximum Gasteiger partial charge on any atom is 0.233 e. The molecule has 0 N–H and O–H groups in total. The molecule has 1 aliphatic rings. The Hall–Kier alpha value is -1.42. The number of hydrogen-bond donors (Lipinski definition) is 0. The fourth-order valence-corrected chi connectivity index (χ4v) is 2.93. The van der Waals surface area contributed by atoms with Crippen LogP contribution in [0.5, 0.6) is 0 Å². The fraction of sp³-hybridized carbons (Fsp3) is 0.571. The van der Waals surface area contributed by atoms with Crippen molar-refractivity contribution in [3.05, 3.63) is 30.4 Å². The SMILES string of the molecule is C[C@@H]1CCC[C@H](C)N1Cc1cn2cccnc2n1. The smallest absolute Gasteiger partial charge is 0.233 e. The van der Waals surface area contributed by atoms with Gasteiger partial charge in [0.1, 0.15) is 0 Å². The molecule has 2 aromatic rings. The van der Waals surface area contributed by atoms with E-state index in [-0.39, 0.29) is 0 Å². The molecule has 0 aromatic carbocycles. The minimum Gasteiger partial charge on any atom is -0.292 e. The predicted molar refractivity (Wildman–Crippen MR) is 71.3 cm³/mol. The Kier molecular flexibility index (Phi) is 3.04. The Balaban J connectivity index is 1.82. The van der Waals surface area contributed by atoms with Gasteiger partial charge in [0, 0.05) is 37.2 Å². The van der Waals surface area contributed by atoms with Crippen LogP contribution in [0.2, 0.25) is 0 Å². The summed E-state index contributed by atoms with van der Waals surface area (Å²) in [6, 6.07) is 3.25. The maximum atomic E-state index is 4.59. The summed E-state index contributed by atoms with van der Waals surface area (Å²) in [5.74, 6) is 0.796. The number of piperidine rings is 1. The van der Waals surface area contributed by atoms with Gasteiger partial charge < -0.3 is 0 Å². The molecule has 3 heterocycles. The van der Waals surface area contributed by atoms with Crippen LogP contribution in [-0.4, -0.2) is 31.4 Å². The second kappa shape index (κ2) is 4.69. The van der Waals surface area contributed by atoms with E-state index >= 15 is 0 Å². The van der Waals surface area contributed by atoms with Gasteiger partial charge in [-0.3, -0.25) is 9.30 Å². The first kappa shape index (κ1) is 11.7. The van der Waals surface area contributed by atoms with Crippen molar-refractivity contribution in [1.29, 1.82) is 0 Å². The van der Waals surface area contributed by atoms with Gasteiger partial charge in [-0.15, -0.1) is 0 Å². The van der Waals surface area contributed by atoms with Crippen molar-refractivity contribution >= 4 is 5.78 Å². The molecule has 0 spiro atoms. The molecule has 1 saturated heterocycles. The minimum atomic E-state index is 0.659. The van der Waals surface area contributed by atoms with Gasteiger partial charge in [0.15, 0.2) is 0 Å². The Morgan fingerprint density at radius 2 is 2.06 bits per heavy atom. The topological polar surface area (TPSA) is 33.4 Å². The number of rotatable bonds is 2. The van der Waals surface area contributed by atoms with Crippen LogP contribution in [0.3, 0.4) is 0 Å². The Bertz CT molecular complexity index is 490. The number of imidazole rings is 1. The second-order valence-corrected chi connectivity index (χ2v) is 5.36. The molecule has 0 aliphatic carbocycles. The van der Waals surface area contributed by atoms with Gasteiger partial charge in [-0.2, -0.15) is 0 Å². The minimum absolute atomic E-state index is 0.659. The van der Waals surface area contributed by atoms with Crippen LogP contribution < -0.4 is 0 Å². The first-order valence-corrected chi connectivity index (χ1v) is 6.78. The second-order valence-electron chi connectivity index (χ2n) is 5.36. The van der Waals surface area contributed by atoms with Crippen LogP contribution in [0.15, 0.2) is 24.7 Å². The number of nitrogens with zero attached hydrogens (tertiary/aromatic N) is 4. The van der Waals surface area contributed by atoms with E-state index in [2.05, 4.69) is 34.9 Å². The summed E-state index contributed by atoms with van der Waals surface area (Å²) in [7, 11) is 0. The van der Waals surface area contributed by atoms with E-state index in [1.165, 1.54) is 19.3 Å². The lowest BCUT2D eigenvalue weighted by atomic mass is 9.97. The molecule has 2 atom stereocenters. The van der Waals surface area contributed by atoms with Gasteiger partial charge in [0.25, 0.3) is 0 Å². The van der Waals surface area contributed by atoms with Gasteiger partial charge in [0.05, 0.1) is 5.69 Å². The summed E-state index contributed by atoms with van der Waals surface area (Å²) in [4.78, 5) is 11.4. The molecule has 1 aliphatic heterocycles. The number of hydrogen-bond acceptors (Lipinski definition) is 3. The summed E-state index contributed by atoms with van der Waals surface area (Å²) in [6.45, 7) is 5.58. The third-order valence-electron chi connectivity index (χ3n) is 4.01. The van der Waals surface area contributed by atoms with Gasteiger partial charge in [0.2, 0.25) is 5.78 Å². The first-order chi connectivity index (χ1) is 8.74. The van der Waals surface area contributed by atoms with Crippen LogP contribution in [0.1, 0.15) is 38.8 Å². The summed E-state index contributed by atoms with van der Waals surface area (Å²) in [6.07, 6.45) is 9.84. The zero-order chi connectivity index (χ0) is 12.5. The lowest BCUT2D eigenvalue weighted by molar-refractivity contribution is 0.0940. The quantitative estimate of drug-likeness (QED) is 0.814. The summed E-state index contributed by atoms with van der Waals surface area (Å²) in [5, 5.41) is 0. The lowest BCUT2D eigenvalue weighted by Crippen LogP contribution is -2.43. The van der Waals surface area contributed by atoms with E-state index in [4.69, 9.17) is 0 Å². The third kappa shape index (κ3) is 2.12. The lowest BCUT2D eigenvalue weighted by Gasteiger charge is -2.38. The van der Waals surface area contributed by atoms with E-state index in [1.807, 2.05) is 16.7 Å². The highest BCUT2D eigenvalue weighted by molar-refractivity contribution is 5.29. The summed E-state index contributed by atoms with van der Waals surface area (Å²) in [5.41, 5.74) is 1.12. The molecule has 2 aromatic heterocycles. The third-order valence-corrected chi connectivity index (χ3v) is 4.01. The van der Waals surface area contributed by atoms with Crippen molar-refractivity contribution in [3.8, 4) is 0 Å². The van der Waals surface area contributed by atoms with E-state index in [1.54, 1.807) is 6.20 Å². The first-order valence-electron chi connectivity index (χ1n) is 6.78. The maximum absolute atomic E-state index is 4.59. The van der Waals surface area contributed by atoms with Gasteiger partial charge >= 0.3 is 0 Å². The molecule has 4 nitrogen and oxygen atoms in total. The van der Waals surface area contributed by atoms with Gasteiger partial charge in [-0.25, -0.2) is 9.97 Å². The highest BCUT2D eigenvalue weighted by Gasteiger charge is 2.25. The summed E-state index contributed by atoms with van der Waals surface area (Å²) >= 11 is 0. The number of fused-ring (bicyclic) bond motifs is 1. The molecule has 0 unspecified atom stereocenters. The van der Waals surface area contributed by atoms with Crippen molar-refractivity contribution in [2.24, 2.45) is 0 Å². The van der Waals surface area contributed by atoms with Crippen LogP contribution in [0, 0.1) is 0 Å². The van der Waals surface area contributed by atoms with Crippen LogP contribution >= 0.6 is 0 Å². The molecular weight excluding hydrogens is 224 g/mol. The van der Waals surface area contributed by atoms with Crippen molar-refractivity contribution in [2.45, 2.75) is 51.7 Å². The Labute approximate surface area is 108 Å². The molecule has 1 fully saturated rings. The van der Waals surface area contributed by atoms with Crippen molar-refractivity contribution in [1.82, 2.24) is 19.3 Å². The van der Waals surface area contributed by atoms with Crippen molar-refractivity contribution in [3.63, 3.8) is 0 Å². The molecule has 0 amide bonds. The monoisotopic (exact) mass is 244 g/mol. The van der Waals surface area contributed by atoms with Crippen LogP contribution in [0.4, 0.5) is 0 Å². The van der Waals surface area contributed by atoms with Crippen molar-refractivity contribution < 1.29 is 0 Å². The fourth-order valence-electron chi connectivity index (χ4n) is 2.93. The van der Waals surface area contributed by atoms with Crippen LogP contribution in [0.25, 0.3) is 5.78 Å². The van der Waals surface area contributed by atoms with E-state index in [9.17, 15) is 0 Å². The molecular formula is C14H20N4. The number of likely N-dealkylation sites (tertiary alicyclic amines) is 1. The standard InChI is InChI=1S/C14H20N4/c1-11-5-3-6-12(2)18(11)10-13-9-17-8-4-7-15-14(17)16-13/h4,7-9,11-12H,3,5-6,10H2,1-2H3/t11-,12+. The molecule has 0 saturated carbocycles. The highest BCUT2D eigenvalue weighted by atomic mass is 15.2. The average Bonchev–Trinajstić information content (AvgIpc) is 2.76. The normalized spacial score (nSPS) is 25.7. The largest absolute Gasteiger partial charge is 0.292 e. The highest BCUT2D eigenvalue weighted by Crippen LogP contribution is 2.24. The molecule has 3 rings (SSSR count). The van der Waals surface area contributed by atoms with Crippen LogP contribution in [-0.2, 0) is 6.54 Å². The van der Waals surface area contributed by atoms with Gasteiger partial charge in [-0.1, -0.05) is 6.42 Å². The molecule has 0 radical (unpaired) electrons. The molecule has 18 heavy (non-hydrogen) atoms. The van der Waals surface area contributed by atoms with Gasteiger partial charge in [-0.05, 0) is 32.8 Å². The number of aromatic nitrogens is 3. The summed E-state index contributed by atoms with van der Waals surface area (Å²) < 4.78 is 1.99. The van der Waals surface area contributed by atoms with E-state index in [0.29, 0.717) is 12.1 Å². The zero-order valence-electron chi connectivity index (χ0n) is 11.1. The van der Waals surface area contributed by atoms with E-state index in [0.717, 1.165) is 18.0 Å². The Morgan fingerprint density at radius 1 is 1.28 bits per heavy atom. The molecule has 4 heteroatoms. The van der Waals surface area contributed by atoms with E-state index < -0.39 is 0 Å². The zero-order valence-corrected chi connectivity index (χ0v) is 11.1. The average molecular weight is 244 g/mol. The Morgan fingerprint density at radius 3 is 2.78 bits per heavy atom. The molecule has 96 valence electrons.